The van der Waals surface area contributed by atoms with Gasteiger partial charge >= 0.3 is 41.8 Å². The van der Waals surface area contributed by atoms with Gasteiger partial charge in [0, 0.05) is 0 Å². The van der Waals surface area contributed by atoms with Crippen molar-refractivity contribution >= 4 is 41.8 Å². The number of carbonyl (C=O) groups excluding carboxylic acids is 7. The van der Waals surface area contributed by atoms with Crippen LogP contribution in [0.4, 0.5) is 0 Å². The topological polar surface area (TPSA) is 232 Å². The first-order valence-electron chi connectivity index (χ1n) is 24.9. The van der Waals surface area contributed by atoms with Crippen molar-refractivity contribution in [3.63, 3.8) is 0 Å². The zero-order chi connectivity index (χ0) is 55.1. The van der Waals surface area contributed by atoms with Gasteiger partial charge in [-0.3, -0.25) is 0 Å². The highest BCUT2D eigenvalue weighted by Crippen LogP contribution is 2.35. The molecule has 2 fully saturated rings. The third-order valence-electron chi connectivity index (χ3n) is 12.5. The predicted octanol–water partition coefficient (Wildman–Crippen LogP) is 7.66. The molecular formula is C61H50O18. The van der Waals surface area contributed by atoms with Crippen LogP contribution in [0, 0.1) is 0 Å². The summed E-state index contributed by atoms with van der Waals surface area (Å²) in [5.41, 5.74) is 0.397. The lowest BCUT2D eigenvalue weighted by Gasteiger charge is -2.45. The first-order valence-corrected chi connectivity index (χ1v) is 24.9. The van der Waals surface area contributed by atoms with Gasteiger partial charge in [0.25, 0.3) is 0 Å². The van der Waals surface area contributed by atoms with Crippen LogP contribution >= 0.6 is 0 Å². The summed E-state index contributed by atoms with van der Waals surface area (Å²) in [6.07, 6.45) is -18.2. The van der Waals surface area contributed by atoms with Crippen molar-refractivity contribution in [1.29, 1.82) is 0 Å². The molecule has 0 bridgehead atoms. The van der Waals surface area contributed by atoms with Crippen LogP contribution in [-0.4, -0.2) is 122 Å². The lowest BCUT2D eigenvalue weighted by molar-refractivity contribution is -0.322. The van der Waals surface area contributed by atoms with E-state index in [1.165, 1.54) is 84.9 Å². The molecule has 0 amide bonds. The Labute approximate surface area is 452 Å². The summed E-state index contributed by atoms with van der Waals surface area (Å²) < 4.78 is 61.3. The van der Waals surface area contributed by atoms with Crippen molar-refractivity contribution in [2.24, 2.45) is 0 Å². The number of aliphatic hydroxyl groups is 1. The first-order chi connectivity index (χ1) is 38.5. The SMILES string of the molecule is O=C(OC[C@H]1O[C@@H](OC[C@H]2O[C@@H](OC(=O)c3ccccc3)[C@H](OC(=O)c3ccccc3)[C@@H](OC(=O)c3ccccc3)[C@@H]2OC(=O)c2ccccc2)[C@H](OC(=O)c2ccccc2)[C@@H](O)[C@@H]1OC(=O)c1ccccc1)c1ccccc1. The van der Waals surface area contributed by atoms with Crippen LogP contribution in [0.15, 0.2) is 212 Å². The number of hydrogen-bond acceptors (Lipinski definition) is 18. The Morgan fingerprint density at radius 3 is 0.962 bits per heavy atom. The Morgan fingerprint density at radius 2 is 0.582 bits per heavy atom. The molecule has 2 aliphatic heterocycles. The summed E-state index contributed by atoms with van der Waals surface area (Å²) in [6, 6.07) is 54.3. The molecular weight excluding hydrogens is 1020 g/mol. The zero-order valence-corrected chi connectivity index (χ0v) is 41.8. The Balaban J connectivity index is 1.11. The van der Waals surface area contributed by atoms with Crippen molar-refractivity contribution in [1.82, 2.24) is 0 Å². The third kappa shape index (κ3) is 13.8. The maximum atomic E-state index is 14.3. The highest BCUT2D eigenvalue weighted by molar-refractivity contribution is 5.93. The van der Waals surface area contributed by atoms with E-state index >= 15 is 0 Å². The number of aliphatic hydroxyl groups excluding tert-OH is 1. The summed E-state index contributed by atoms with van der Waals surface area (Å²) in [5, 5.41) is 12.4. The van der Waals surface area contributed by atoms with Crippen LogP contribution in [0.1, 0.15) is 72.5 Å². The van der Waals surface area contributed by atoms with E-state index in [-0.39, 0.29) is 38.9 Å². The smallest absolute Gasteiger partial charge is 0.340 e. The molecule has 79 heavy (non-hydrogen) atoms. The molecule has 0 aromatic heterocycles. The van der Waals surface area contributed by atoms with Crippen molar-refractivity contribution in [3.8, 4) is 0 Å². The van der Waals surface area contributed by atoms with Crippen molar-refractivity contribution in [2.75, 3.05) is 13.2 Å². The molecule has 0 saturated carbocycles. The van der Waals surface area contributed by atoms with Gasteiger partial charge in [0.05, 0.1) is 45.6 Å². The van der Waals surface area contributed by atoms with E-state index < -0.39 is 116 Å². The molecule has 18 nitrogen and oxygen atoms in total. The summed E-state index contributed by atoms with van der Waals surface area (Å²) in [4.78, 5) is 97.7. The van der Waals surface area contributed by atoms with Gasteiger partial charge in [0.15, 0.2) is 30.7 Å². The molecule has 7 aromatic carbocycles. The van der Waals surface area contributed by atoms with Gasteiger partial charge in [0.2, 0.25) is 12.4 Å². The molecule has 2 heterocycles. The third-order valence-corrected chi connectivity index (χ3v) is 12.5. The Bertz CT molecular complexity index is 3170. The second-order valence-electron chi connectivity index (χ2n) is 17.8. The fourth-order valence-corrected chi connectivity index (χ4v) is 8.53. The van der Waals surface area contributed by atoms with Crippen LogP contribution in [0.5, 0.6) is 0 Å². The minimum atomic E-state index is -1.99. The number of benzene rings is 7. The standard InChI is InChI=1S/C61H50O18/c62-47-48(74-54(64)39-24-10-2-11-25-39)45(36-70-53(63)38-22-8-1-9-23-38)72-60(50(47)76-56(66)41-28-14-4-15-29-41)71-37-46-49(75-55(65)40-26-12-3-13-27-40)51(77-57(67)42-30-16-5-17-31-42)52(78-58(68)43-32-18-6-19-33-43)61(73-46)79-59(69)44-34-20-7-21-35-44/h1-35,45-52,60-62H,36-37H2/t45-,46-,47+,48-,49-,50-,51+,52-,60-,61+/m1/s1. The summed E-state index contributed by atoms with van der Waals surface area (Å²) in [6.45, 7) is -1.48. The zero-order valence-electron chi connectivity index (χ0n) is 41.8. The monoisotopic (exact) mass is 1070 g/mol. The molecule has 402 valence electrons. The molecule has 1 N–H and O–H groups in total. The van der Waals surface area contributed by atoms with Crippen LogP contribution < -0.4 is 0 Å². The number of ether oxygens (including phenoxy) is 10. The summed E-state index contributed by atoms with van der Waals surface area (Å²) in [5.74, 6) is -6.63. The van der Waals surface area contributed by atoms with Gasteiger partial charge < -0.3 is 52.5 Å². The van der Waals surface area contributed by atoms with Gasteiger partial charge in [-0.1, -0.05) is 127 Å². The molecule has 18 heteroatoms. The second-order valence-corrected chi connectivity index (χ2v) is 17.8. The highest BCUT2D eigenvalue weighted by atomic mass is 16.8. The van der Waals surface area contributed by atoms with Crippen LogP contribution in [0.2, 0.25) is 0 Å². The second kappa shape index (κ2) is 26.1. The molecule has 2 aliphatic rings. The van der Waals surface area contributed by atoms with E-state index in [0.29, 0.717) is 0 Å². The minimum Gasteiger partial charge on any atom is -0.459 e. The van der Waals surface area contributed by atoms with E-state index in [1.54, 1.807) is 127 Å². The Hall–Kier alpha value is -9.33. The largest absolute Gasteiger partial charge is 0.459 e. The van der Waals surface area contributed by atoms with Gasteiger partial charge in [-0.2, -0.15) is 0 Å². The molecule has 0 spiro atoms. The van der Waals surface area contributed by atoms with Crippen molar-refractivity contribution in [3.05, 3.63) is 251 Å². The number of carbonyl (C=O) groups is 7. The summed E-state index contributed by atoms with van der Waals surface area (Å²) in [7, 11) is 0. The van der Waals surface area contributed by atoms with Gasteiger partial charge in [0.1, 0.15) is 24.9 Å². The lowest BCUT2D eigenvalue weighted by atomic mass is 9.97. The van der Waals surface area contributed by atoms with E-state index in [0.717, 1.165) is 0 Å². The predicted molar refractivity (Wildman–Crippen MR) is 276 cm³/mol. The average molecular weight is 1070 g/mol. The maximum absolute atomic E-state index is 14.3. The quantitative estimate of drug-likeness (QED) is 0.0642. The summed E-state index contributed by atoms with van der Waals surface area (Å²) >= 11 is 0. The molecule has 7 aromatic rings. The first kappa shape index (κ1) is 54.5. The van der Waals surface area contributed by atoms with E-state index in [1.807, 2.05) is 0 Å². The van der Waals surface area contributed by atoms with E-state index in [2.05, 4.69) is 0 Å². The molecule has 0 unspecified atom stereocenters. The minimum absolute atomic E-state index is 0.0232. The van der Waals surface area contributed by atoms with Crippen LogP contribution in [0.3, 0.4) is 0 Å². The molecule has 10 atom stereocenters. The van der Waals surface area contributed by atoms with Gasteiger partial charge in [-0.15, -0.1) is 0 Å². The van der Waals surface area contributed by atoms with Crippen LogP contribution in [0.25, 0.3) is 0 Å². The Morgan fingerprint density at radius 1 is 0.304 bits per heavy atom. The van der Waals surface area contributed by atoms with Crippen molar-refractivity contribution < 1.29 is 86.0 Å². The molecule has 0 radical (unpaired) electrons. The average Bonchev–Trinajstić information content (AvgIpc) is 3.61. The number of rotatable bonds is 18. The Kier molecular flexibility index (Phi) is 18.0. The number of esters is 7. The van der Waals surface area contributed by atoms with Gasteiger partial charge in [-0.25, -0.2) is 33.6 Å². The normalized spacial score (nSPS) is 22.4. The van der Waals surface area contributed by atoms with E-state index in [4.69, 9.17) is 47.4 Å². The van der Waals surface area contributed by atoms with Crippen molar-refractivity contribution in [2.45, 2.75) is 61.4 Å². The van der Waals surface area contributed by atoms with Gasteiger partial charge in [-0.05, 0) is 84.9 Å². The van der Waals surface area contributed by atoms with E-state index in [9.17, 15) is 38.7 Å². The number of hydrogen-bond donors (Lipinski definition) is 1. The highest BCUT2D eigenvalue weighted by Gasteiger charge is 2.56. The molecule has 9 rings (SSSR count). The lowest BCUT2D eigenvalue weighted by Crippen LogP contribution is -2.65. The molecule has 0 aliphatic carbocycles. The molecule has 2 saturated heterocycles. The maximum Gasteiger partial charge on any atom is 0.340 e. The van der Waals surface area contributed by atoms with Crippen LogP contribution in [-0.2, 0) is 47.4 Å². The fourth-order valence-electron chi connectivity index (χ4n) is 8.53. The fraction of sp³-hybridized carbons (Fsp3) is 0.197.